The Balaban J connectivity index is 1.35. The normalized spacial score (nSPS) is 16.3. The van der Waals surface area contributed by atoms with E-state index in [-0.39, 0.29) is 5.91 Å². The molecule has 3 aromatic rings. The Morgan fingerprint density at radius 1 is 1.14 bits per heavy atom. The third kappa shape index (κ3) is 3.90. The summed E-state index contributed by atoms with van der Waals surface area (Å²) in [7, 11) is 0. The molecular formula is C23H26N2O2S. The van der Waals surface area contributed by atoms with Gasteiger partial charge in [-0.2, -0.15) is 0 Å². The Morgan fingerprint density at radius 2 is 1.89 bits per heavy atom. The van der Waals surface area contributed by atoms with Crippen LogP contribution in [0.2, 0.25) is 0 Å². The van der Waals surface area contributed by atoms with Gasteiger partial charge >= 0.3 is 0 Å². The summed E-state index contributed by atoms with van der Waals surface area (Å²) in [5.74, 6) is 1.27. The standard InChI is InChI=1S/C23H26N2O2S/c1-15-8-9-19(14-16(15)2)27-17(3)23(26)25-12-10-18(11-13-25)22-24-20-6-4-5-7-21(20)28-22/h4-9,14,17-18H,10-13H2,1-3H3/t17-/m0/s1. The predicted molar refractivity (Wildman–Crippen MR) is 114 cm³/mol. The second-order valence-corrected chi connectivity index (χ2v) is 8.69. The summed E-state index contributed by atoms with van der Waals surface area (Å²) in [6, 6.07) is 14.3. The predicted octanol–water partition coefficient (Wildman–Crippen LogP) is 5.09. The van der Waals surface area contributed by atoms with E-state index in [4.69, 9.17) is 9.72 Å². The van der Waals surface area contributed by atoms with E-state index in [9.17, 15) is 4.79 Å². The lowest BCUT2D eigenvalue weighted by molar-refractivity contribution is -0.139. The second kappa shape index (κ2) is 7.92. The maximum absolute atomic E-state index is 12.8. The Kier molecular flexibility index (Phi) is 5.36. The van der Waals surface area contributed by atoms with Crippen molar-refractivity contribution >= 4 is 27.5 Å². The van der Waals surface area contributed by atoms with Gasteiger partial charge in [0, 0.05) is 19.0 Å². The molecule has 0 spiro atoms. The van der Waals surface area contributed by atoms with Crippen molar-refractivity contribution in [2.45, 2.75) is 45.6 Å². The fourth-order valence-electron chi connectivity index (χ4n) is 3.71. The number of rotatable bonds is 4. The van der Waals surface area contributed by atoms with Crippen LogP contribution in [0.25, 0.3) is 10.2 Å². The van der Waals surface area contributed by atoms with E-state index in [1.54, 1.807) is 11.3 Å². The zero-order chi connectivity index (χ0) is 19.7. The molecule has 5 heteroatoms. The Morgan fingerprint density at radius 3 is 2.61 bits per heavy atom. The molecule has 2 aromatic carbocycles. The molecule has 1 aromatic heterocycles. The molecule has 1 amide bonds. The number of likely N-dealkylation sites (tertiary alicyclic amines) is 1. The number of para-hydroxylation sites is 1. The van der Waals surface area contributed by atoms with Gasteiger partial charge in [-0.3, -0.25) is 4.79 Å². The average molecular weight is 395 g/mol. The van der Waals surface area contributed by atoms with E-state index in [2.05, 4.69) is 32.0 Å². The summed E-state index contributed by atoms with van der Waals surface area (Å²) in [6.45, 7) is 7.50. The van der Waals surface area contributed by atoms with Gasteiger partial charge in [0.15, 0.2) is 6.10 Å². The second-order valence-electron chi connectivity index (χ2n) is 7.63. The number of ether oxygens (including phenoxy) is 1. The van der Waals surface area contributed by atoms with Crippen LogP contribution >= 0.6 is 11.3 Å². The molecule has 4 rings (SSSR count). The highest BCUT2D eigenvalue weighted by Gasteiger charge is 2.29. The number of hydrogen-bond acceptors (Lipinski definition) is 4. The van der Waals surface area contributed by atoms with Crippen LogP contribution in [0.4, 0.5) is 0 Å². The lowest BCUT2D eigenvalue weighted by atomic mass is 9.97. The van der Waals surface area contributed by atoms with Gasteiger partial charge in [-0.15, -0.1) is 11.3 Å². The number of carbonyl (C=O) groups excluding carboxylic acids is 1. The summed E-state index contributed by atoms with van der Waals surface area (Å²) >= 11 is 1.78. The molecule has 4 nitrogen and oxygen atoms in total. The minimum atomic E-state index is -0.471. The Labute approximate surface area is 170 Å². The van der Waals surface area contributed by atoms with Crippen molar-refractivity contribution in [3.8, 4) is 5.75 Å². The molecule has 1 aliphatic heterocycles. The number of hydrogen-bond donors (Lipinski definition) is 0. The fourth-order valence-corrected chi connectivity index (χ4v) is 4.85. The van der Waals surface area contributed by atoms with Crippen molar-refractivity contribution in [1.82, 2.24) is 9.88 Å². The molecule has 1 saturated heterocycles. The summed E-state index contributed by atoms with van der Waals surface area (Å²) < 4.78 is 7.16. The summed E-state index contributed by atoms with van der Waals surface area (Å²) in [4.78, 5) is 19.6. The van der Waals surface area contributed by atoms with Crippen molar-refractivity contribution < 1.29 is 9.53 Å². The number of aromatic nitrogens is 1. The van der Waals surface area contributed by atoms with Crippen molar-refractivity contribution in [3.63, 3.8) is 0 Å². The van der Waals surface area contributed by atoms with E-state index >= 15 is 0 Å². The third-order valence-electron chi connectivity index (χ3n) is 5.61. The lowest BCUT2D eigenvalue weighted by Gasteiger charge is -2.32. The smallest absolute Gasteiger partial charge is 0.263 e. The van der Waals surface area contributed by atoms with Crippen LogP contribution in [0, 0.1) is 13.8 Å². The van der Waals surface area contributed by atoms with Crippen LogP contribution in [-0.4, -0.2) is 35.0 Å². The van der Waals surface area contributed by atoms with E-state index in [0.29, 0.717) is 5.92 Å². The van der Waals surface area contributed by atoms with Gasteiger partial charge in [0.2, 0.25) is 0 Å². The number of aryl methyl sites for hydroxylation is 2. The third-order valence-corrected chi connectivity index (χ3v) is 6.80. The average Bonchev–Trinajstić information content (AvgIpc) is 3.14. The molecule has 1 fully saturated rings. The number of fused-ring (bicyclic) bond motifs is 1. The molecule has 1 aliphatic rings. The van der Waals surface area contributed by atoms with Gasteiger partial charge in [0.1, 0.15) is 5.75 Å². The fraction of sp³-hybridized carbons (Fsp3) is 0.391. The molecule has 0 unspecified atom stereocenters. The minimum absolute atomic E-state index is 0.0703. The summed E-state index contributed by atoms with van der Waals surface area (Å²) in [6.07, 6.45) is 1.45. The Hall–Kier alpha value is -2.40. The van der Waals surface area contributed by atoms with Crippen LogP contribution < -0.4 is 4.74 Å². The highest BCUT2D eigenvalue weighted by Crippen LogP contribution is 2.34. The lowest BCUT2D eigenvalue weighted by Crippen LogP contribution is -2.44. The molecule has 1 atom stereocenters. The molecule has 146 valence electrons. The van der Waals surface area contributed by atoms with E-state index in [1.165, 1.54) is 20.8 Å². The molecule has 0 saturated carbocycles. The zero-order valence-electron chi connectivity index (χ0n) is 16.6. The van der Waals surface area contributed by atoms with Gasteiger partial charge in [-0.1, -0.05) is 18.2 Å². The summed E-state index contributed by atoms with van der Waals surface area (Å²) in [5, 5.41) is 1.20. The molecule has 0 N–H and O–H groups in total. The van der Waals surface area contributed by atoms with Crippen molar-refractivity contribution in [2.24, 2.45) is 0 Å². The molecular weight excluding hydrogens is 368 g/mol. The first-order valence-corrected chi connectivity index (χ1v) is 10.7. The number of piperidine rings is 1. The van der Waals surface area contributed by atoms with Gasteiger partial charge in [0.25, 0.3) is 5.91 Å². The first-order valence-electron chi connectivity index (χ1n) is 9.89. The van der Waals surface area contributed by atoms with Gasteiger partial charge in [0.05, 0.1) is 15.2 Å². The van der Waals surface area contributed by atoms with Crippen LogP contribution in [0.3, 0.4) is 0 Å². The zero-order valence-corrected chi connectivity index (χ0v) is 17.5. The van der Waals surface area contributed by atoms with Crippen LogP contribution in [0.15, 0.2) is 42.5 Å². The highest BCUT2D eigenvalue weighted by atomic mass is 32.1. The topological polar surface area (TPSA) is 42.4 Å². The number of thiazole rings is 1. The van der Waals surface area contributed by atoms with Gasteiger partial charge in [-0.25, -0.2) is 4.98 Å². The number of benzene rings is 2. The van der Waals surface area contributed by atoms with Crippen molar-refractivity contribution in [1.29, 1.82) is 0 Å². The monoisotopic (exact) mass is 394 g/mol. The van der Waals surface area contributed by atoms with Gasteiger partial charge < -0.3 is 9.64 Å². The quantitative estimate of drug-likeness (QED) is 0.619. The largest absolute Gasteiger partial charge is 0.481 e. The molecule has 0 bridgehead atoms. The maximum atomic E-state index is 12.8. The van der Waals surface area contributed by atoms with Crippen LogP contribution in [-0.2, 0) is 4.79 Å². The molecule has 0 radical (unpaired) electrons. The maximum Gasteiger partial charge on any atom is 0.263 e. The highest BCUT2D eigenvalue weighted by molar-refractivity contribution is 7.18. The Bertz CT molecular complexity index is 956. The van der Waals surface area contributed by atoms with Crippen molar-refractivity contribution in [3.05, 3.63) is 58.6 Å². The van der Waals surface area contributed by atoms with E-state index < -0.39 is 6.10 Å². The van der Waals surface area contributed by atoms with Gasteiger partial charge in [-0.05, 0) is 69.0 Å². The van der Waals surface area contributed by atoms with E-state index in [0.717, 1.165) is 37.2 Å². The number of nitrogens with zero attached hydrogens (tertiary/aromatic N) is 2. The first-order chi connectivity index (χ1) is 13.5. The molecule has 0 aliphatic carbocycles. The molecule has 28 heavy (non-hydrogen) atoms. The number of amides is 1. The SMILES string of the molecule is Cc1ccc(O[C@@H](C)C(=O)N2CCC(c3nc4ccccc4s3)CC2)cc1C. The van der Waals surface area contributed by atoms with Crippen LogP contribution in [0.1, 0.15) is 41.8 Å². The first kappa shape index (κ1) is 18.9. The number of carbonyl (C=O) groups is 1. The van der Waals surface area contributed by atoms with Crippen molar-refractivity contribution in [2.75, 3.05) is 13.1 Å². The molecule has 2 heterocycles. The van der Waals surface area contributed by atoms with E-state index in [1.807, 2.05) is 36.1 Å². The van der Waals surface area contributed by atoms with Crippen LogP contribution in [0.5, 0.6) is 5.75 Å². The minimum Gasteiger partial charge on any atom is -0.481 e. The summed E-state index contributed by atoms with van der Waals surface area (Å²) in [5.41, 5.74) is 3.48.